The number of aromatic nitrogens is 3. The summed E-state index contributed by atoms with van der Waals surface area (Å²) < 4.78 is 0.816. The molecule has 18 heavy (non-hydrogen) atoms. The normalized spacial score (nSPS) is 10.5. The van der Waals surface area contributed by atoms with Crippen molar-refractivity contribution in [2.24, 2.45) is 0 Å². The van der Waals surface area contributed by atoms with Crippen LogP contribution in [0.5, 0.6) is 0 Å². The van der Waals surface area contributed by atoms with Gasteiger partial charge in [0.1, 0.15) is 4.60 Å². The highest BCUT2D eigenvalue weighted by Crippen LogP contribution is 2.23. The molecule has 0 aliphatic heterocycles. The molecule has 0 fully saturated rings. The van der Waals surface area contributed by atoms with E-state index in [1.54, 1.807) is 0 Å². The molecule has 0 bridgehead atoms. The van der Waals surface area contributed by atoms with E-state index in [9.17, 15) is 0 Å². The Morgan fingerprint density at radius 1 is 0.889 bits per heavy atom. The molecular weight excluding hydrogens is 290 g/mol. The molecule has 0 saturated heterocycles. The number of rotatable bonds is 2. The van der Waals surface area contributed by atoms with Crippen LogP contribution in [0.4, 0.5) is 0 Å². The smallest absolute Gasteiger partial charge is 0.106 e. The van der Waals surface area contributed by atoms with Gasteiger partial charge in [0, 0.05) is 5.56 Å². The molecule has 0 aliphatic rings. The minimum atomic E-state index is 0.816. The number of benzene rings is 1. The summed E-state index contributed by atoms with van der Waals surface area (Å²) in [5.74, 6) is 0. The first-order valence-electron chi connectivity index (χ1n) is 5.57. The van der Waals surface area contributed by atoms with Gasteiger partial charge in [-0.1, -0.05) is 36.4 Å². The van der Waals surface area contributed by atoms with Gasteiger partial charge >= 0.3 is 0 Å². The fourth-order valence-electron chi connectivity index (χ4n) is 1.77. The molecule has 0 unspecified atom stereocenters. The SMILES string of the molecule is Brc1cccc(-c2cc(-c3ccccc3)n[nH]2)n1. The number of nitrogens with one attached hydrogen (secondary N) is 1. The van der Waals surface area contributed by atoms with Gasteiger partial charge in [0.15, 0.2) is 0 Å². The van der Waals surface area contributed by atoms with Crippen LogP contribution in [0.25, 0.3) is 22.6 Å². The summed E-state index contributed by atoms with van der Waals surface area (Å²) in [6.45, 7) is 0. The highest BCUT2D eigenvalue weighted by molar-refractivity contribution is 9.10. The van der Waals surface area contributed by atoms with Crippen LogP contribution in [0.3, 0.4) is 0 Å². The third-order valence-electron chi connectivity index (χ3n) is 2.64. The lowest BCUT2D eigenvalue weighted by Gasteiger charge is -1.96. The van der Waals surface area contributed by atoms with Crippen LogP contribution in [0.15, 0.2) is 59.2 Å². The Balaban J connectivity index is 2.00. The molecule has 2 aromatic heterocycles. The van der Waals surface area contributed by atoms with Gasteiger partial charge in [0.05, 0.1) is 17.1 Å². The van der Waals surface area contributed by atoms with Gasteiger partial charge < -0.3 is 0 Å². The predicted octanol–water partition coefficient (Wildman–Crippen LogP) is 3.90. The fraction of sp³-hybridized carbons (Fsp3) is 0. The fourth-order valence-corrected chi connectivity index (χ4v) is 2.11. The van der Waals surface area contributed by atoms with Crippen LogP contribution in [0, 0.1) is 0 Å². The second-order valence-corrected chi connectivity index (χ2v) is 4.69. The summed E-state index contributed by atoms with van der Waals surface area (Å²) >= 11 is 3.37. The molecular formula is C14H10BrN3. The lowest BCUT2D eigenvalue weighted by atomic mass is 10.1. The van der Waals surface area contributed by atoms with Crippen molar-refractivity contribution in [1.82, 2.24) is 15.2 Å². The molecule has 0 atom stereocenters. The Labute approximate surface area is 113 Å². The lowest BCUT2D eigenvalue weighted by Crippen LogP contribution is -1.83. The largest absolute Gasteiger partial charge is 0.276 e. The van der Waals surface area contributed by atoms with Crippen LogP contribution in [-0.2, 0) is 0 Å². The van der Waals surface area contributed by atoms with Crippen molar-refractivity contribution in [3.05, 3.63) is 59.2 Å². The first-order valence-corrected chi connectivity index (χ1v) is 6.36. The van der Waals surface area contributed by atoms with Crippen LogP contribution in [-0.4, -0.2) is 15.2 Å². The molecule has 0 saturated carbocycles. The number of H-pyrrole nitrogens is 1. The summed E-state index contributed by atoms with van der Waals surface area (Å²) in [4.78, 5) is 4.40. The van der Waals surface area contributed by atoms with Crippen molar-refractivity contribution in [1.29, 1.82) is 0 Å². The molecule has 0 radical (unpaired) electrons. The van der Waals surface area contributed by atoms with E-state index in [1.807, 2.05) is 54.6 Å². The predicted molar refractivity (Wildman–Crippen MR) is 75.0 cm³/mol. The Hall–Kier alpha value is -1.94. The summed E-state index contributed by atoms with van der Waals surface area (Å²) in [7, 11) is 0. The van der Waals surface area contributed by atoms with Crippen molar-refractivity contribution in [2.75, 3.05) is 0 Å². The topological polar surface area (TPSA) is 41.6 Å². The summed E-state index contributed by atoms with van der Waals surface area (Å²) in [5.41, 5.74) is 3.80. The zero-order valence-electron chi connectivity index (χ0n) is 9.47. The second kappa shape index (κ2) is 4.74. The van der Waals surface area contributed by atoms with E-state index in [4.69, 9.17) is 0 Å². The van der Waals surface area contributed by atoms with Gasteiger partial charge in [-0.2, -0.15) is 5.10 Å². The second-order valence-electron chi connectivity index (χ2n) is 3.88. The highest BCUT2D eigenvalue weighted by atomic mass is 79.9. The van der Waals surface area contributed by atoms with E-state index in [0.29, 0.717) is 0 Å². The van der Waals surface area contributed by atoms with E-state index in [2.05, 4.69) is 31.1 Å². The quantitative estimate of drug-likeness (QED) is 0.729. The molecule has 0 aliphatic carbocycles. The van der Waals surface area contributed by atoms with Crippen molar-refractivity contribution < 1.29 is 0 Å². The monoisotopic (exact) mass is 299 g/mol. The number of hydrogen-bond donors (Lipinski definition) is 1. The summed E-state index contributed by atoms with van der Waals surface area (Å²) in [5, 5.41) is 7.33. The average Bonchev–Trinajstić information content (AvgIpc) is 2.89. The standard InChI is InChI=1S/C14H10BrN3/c15-14-8-4-7-11(16-14)13-9-12(17-18-13)10-5-2-1-3-6-10/h1-9H,(H,17,18). The minimum absolute atomic E-state index is 0.816. The molecule has 1 N–H and O–H groups in total. The van der Waals surface area contributed by atoms with Gasteiger partial charge in [0.2, 0.25) is 0 Å². The van der Waals surface area contributed by atoms with Crippen LogP contribution < -0.4 is 0 Å². The third kappa shape index (κ3) is 2.19. The maximum Gasteiger partial charge on any atom is 0.106 e. The van der Waals surface area contributed by atoms with E-state index >= 15 is 0 Å². The molecule has 0 spiro atoms. The molecule has 3 rings (SSSR count). The molecule has 88 valence electrons. The van der Waals surface area contributed by atoms with Crippen molar-refractivity contribution in [3.63, 3.8) is 0 Å². The molecule has 2 heterocycles. The first-order chi connectivity index (χ1) is 8.83. The number of pyridine rings is 1. The van der Waals surface area contributed by atoms with Gasteiger partial charge in [-0.05, 0) is 34.1 Å². The maximum absolute atomic E-state index is 4.40. The highest BCUT2D eigenvalue weighted by Gasteiger charge is 2.06. The number of hydrogen-bond acceptors (Lipinski definition) is 2. The van der Waals surface area contributed by atoms with E-state index < -0.39 is 0 Å². The van der Waals surface area contributed by atoms with Gasteiger partial charge in [-0.3, -0.25) is 5.10 Å². The number of nitrogens with zero attached hydrogens (tertiary/aromatic N) is 2. The van der Waals surface area contributed by atoms with Gasteiger partial charge in [0.25, 0.3) is 0 Å². The Morgan fingerprint density at radius 3 is 2.50 bits per heavy atom. The molecule has 3 aromatic rings. The zero-order valence-corrected chi connectivity index (χ0v) is 11.1. The molecule has 4 heteroatoms. The van der Waals surface area contributed by atoms with Crippen LogP contribution in [0.1, 0.15) is 0 Å². The summed E-state index contributed by atoms with van der Waals surface area (Å²) in [6, 6.07) is 17.9. The van der Waals surface area contributed by atoms with E-state index in [-0.39, 0.29) is 0 Å². The Bertz CT molecular complexity index is 662. The van der Waals surface area contributed by atoms with Gasteiger partial charge in [-0.15, -0.1) is 0 Å². The number of aromatic amines is 1. The summed E-state index contributed by atoms with van der Waals surface area (Å²) in [6.07, 6.45) is 0. The first kappa shape index (κ1) is 11.2. The zero-order chi connectivity index (χ0) is 12.4. The number of halogens is 1. The average molecular weight is 300 g/mol. The van der Waals surface area contributed by atoms with E-state index in [1.165, 1.54) is 0 Å². The van der Waals surface area contributed by atoms with Crippen LogP contribution in [0.2, 0.25) is 0 Å². The maximum atomic E-state index is 4.40. The molecule has 3 nitrogen and oxygen atoms in total. The molecule has 1 aromatic carbocycles. The van der Waals surface area contributed by atoms with E-state index in [0.717, 1.165) is 27.2 Å². The molecule has 0 amide bonds. The van der Waals surface area contributed by atoms with Crippen molar-refractivity contribution >= 4 is 15.9 Å². The van der Waals surface area contributed by atoms with Crippen LogP contribution >= 0.6 is 15.9 Å². The van der Waals surface area contributed by atoms with Crippen molar-refractivity contribution in [3.8, 4) is 22.6 Å². The lowest BCUT2D eigenvalue weighted by molar-refractivity contribution is 1.09. The minimum Gasteiger partial charge on any atom is -0.276 e. The van der Waals surface area contributed by atoms with Gasteiger partial charge in [-0.25, -0.2) is 4.98 Å². The Kier molecular flexibility index (Phi) is 2.94. The van der Waals surface area contributed by atoms with Crippen molar-refractivity contribution in [2.45, 2.75) is 0 Å². The Morgan fingerprint density at radius 2 is 1.72 bits per heavy atom. The third-order valence-corrected chi connectivity index (χ3v) is 3.08.